The summed E-state index contributed by atoms with van der Waals surface area (Å²) in [5.74, 6) is -0.947. The summed E-state index contributed by atoms with van der Waals surface area (Å²) < 4.78 is 0. The van der Waals surface area contributed by atoms with Crippen LogP contribution in [0.25, 0.3) is 6.08 Å². The Labute approximate surface area is 147 Å². The van der Waals surface area contributed by atoms with Gasteiger partial charge >= 0.3 is 6.09 Å². The van der Waals surface area contributed by atoms with Crippen LogP contribution in [0.2, 0.25) is 0 Å². The third-order valence-corrected chi connectivity index (χ3v) is 3.55. The third-order valence-electron chi connectivity index (χ3n) is 3.55. The lowest BCUT2D eigenvalue weighted by Crippen LogP contribution is -2.52. The molecule has 1 rings (SSSR count). The Morgan fingerprint density at radius 1 is 1.28 bits per heavy atom. The van der Waals surface area contributed by atoms with E-state index in [4.69, 9.17) is 0 Å². The number of carbonyl (C=O) groups is 3. The fraction of sp³-hybridized carbons (Fsp3) is 0.389. The molecule has 0 aliphatic heterocycles. The third kappa shape index (κ3) is 5.95. The van der Waals surface area contributed by atoms with Gasteiger partial charge in [-0.1, -0.05) is 30.9 Å². The van der Waals surface area contributed by atoms with Gasteiger partial charge in [0.25, 0.3) is 0 Å². The molecule has 25 heavy (non-hydrogen) atoms. The minimum atomic E-state index is -1.19. The molecule has 0 aliphatic rings. The fourth-order valence-electron chi connectivity index (χ4n) is 2.12. The van der Waals surface area contributed by atoms with Crippen LogP contribution in [0.1, 0.15) is 33.3 Å². The molecule has 0 aliphatic carbocycles. The minimum absolute atomic E-state index is 0.348. The van der Waals surface area contributed by atoms with E-state index in [2.05, 4.69) is 17.2 Å². The van der Waals surface area contributed by atoms with Gasteiger partial charge in [0, 0.05) is 11.2 Å². The first kappa shape index (κ1) is 20.2. The van der Waals surface area contributed by atoms with E-state index in [-0.39, 0.29) is 6.54 Å². The van der Waals surface area contributed by atoms with Crippen LogP contribution in [0.4, 0.5) is 10.5 Å². The Kier molecular flexibility index (Phi) is 6.73. The van der Waals surface area contributed by atoms with E-state index in [0.29, 0.717) is 5.69 Å². The summed E-state index contributed by atoms with van der Waals surface area (Å²) in [5, 5.41) is 14.4. The van der Waals surface area contributed by atoms with Gasteiger partial charge in [-0.25, -0.2) is 4.79 Å². The number of carboxylic acid groups (broad SMARTS) is 1. The van der Waals surface area contributed by atoms with E-state index in [1.165, 1.54) is 6.92 Å². The summed E-state index contributed by atoms with van der Waals surface area (Å²) >= 11 is 0. The van der Waals surface area contributed by atoms with Crippen LogP contribution in [0.15, 0.2) is 30.8 Å². The zero-order chi connectivity index (χ0) is 19.2. The molecule has 0 spiro atoms. The molecule has 0 fully saturated rings. The van der Waals surface area contributed by atoms with Gasteiger partial charge in [0.2, 0.25) is 11.8 Å². The summed E-state index contributed by atoms with van der Waals surface area (Å²) in [6.07, 6.45) is 0.423. The summed E-state index contributed by atoms with van der Waals surface area (Å²) in [5.41, 5.74) is 0.627. The van der Waals surface area contributed by atoms with E-state index in [9.17, 15) is 19.5 Å². The van der Waals surface area contributed by atoms with Gasteiger partial charge in [-0.3, -0.25) is 14.5 Å². The van der Waals surface area contributed by atoms with Crippen LogP contribution in [0.3, 0.4) is 0 Å². The molecule has 0 heterocycles. The zero-order valence-corrected chi connectivity index (χ0v) is 15.0. The average Bonchev–Trinajstić information content (AvgIpc) is 2.51. The van der Waals surface area contributed by atoms with Crippen LogP contribution >= 0.6 is 0 Å². The smallest absolute Gasteiger partial charge is 0.408 e. The number of nitrogens with one attached hydrogen (secondary N) is 2. The SMILES string of the molecule is C=Cc1ccccc1NC(=O)[C@@H](C)NC(=O)CN(C(=O)O)C(C)(C)C. The first-order chi connectivity index (χ1) is 11.6. The molecule has 0 aromatic heterocycles. The van der Waals surface area contributed by atoms with Gasteiger partial charge in [-0.05, 0) is 39.3 Å². The molecule has 0 saturated heterocycles. The van der Waals surface area contributed by atoms with Crippen molar-refractivity contribution in [3.05, 3.63) is 36.4 Å². The quantitative estimate of drug-likeness (QED) is 0.736. The molecule has 0 unspecified atom stereocenters. The second-order valence-corrected chi connectivity index (χ2v) is 6.61. The van der Waals surface area contributed by atoms with E-state index in [1.807, 2.05) is 6.07 Å². The molecule has 7 nitrogen and oxygen atoms in total. The Morgan fingerprint density at radius 3 is 2.40 bits per heavy atom. The molecule has 7 heteroatoms. The second-order valence-electron chi connectivity index (χ2n) is 6.61. The number of benzene rings is 1. The molecule has 0 radical (unpaired) electrons. The van der Waals surface area contributed by atoms with Crippen molar-refractivity contribution >= 4 is 29.7 Å². The molecule has 1 atom stereocenters. The fourth-order valence-corrected chi connectivity index (χ4v) is 2.12. The Hall–Kier alpha value is -2.83. The lowest BCUT2D eigenvalue weighted by atomic mass is 10.1. The van der Waals surface area contributed by atoms with Crippen molar-refractivity contribution in [2.75, 3.05) is 11.9 Å². The van der Waals surface area contributed by atoms with E-state index < -0.39 is 29.5 Å². The number of nitrogens with zero attached hydrogens (tertiary/aromatic N) is 1. The number of rotatable bonds is 6. The summed E-state index contributed by atoms with van der Waals surface area (Å²) in [4.78, 5) is 36.6. The summed E-state index contributed by atoms with van der Waals surface area (Å²) in [7, 11) is 0. The highest BCUT2D eigenvalue weighted by Crippen LogP contribution is 2.16. The first-order valence-corrected chi connectivity index (χ1v) is 7.88. The van der Waals surface area contributed by atoms with Crippen molar-refractivity contribution in [3.8, 4) is 0 Å². The van der Waals surface area contributed by atoms with Gasteiger partial charge < -0.3 is 15.7 Å². The predicted octanol–water partition coefficient (Wildman–Crippen LogP) is 2.55. The van der Waals surface area contributed by atoms with Crippen LogP contribution in [-0.2, 0) is 9.59 Å². The molecule has 3 N–H and O–H groups in total. The van der Waals surface area contributed by atoms with Gasteiger partial charge in [-0.2, -0.15) is 0 Å². The predicted molar refractivity (Wildman–Crippen MR) is 97.3 cm³/mol. The van der Waals surface area contributed by atoms with Crippen molar-refractivity contribution in [2.24, 2.45) is 0 Å². The molecule has 1 aromatic rings. The lowest BCUT2D eigenvalue weighted by molar-refractivity contribution is -0.127. The summed E-state index contributed by atoms with van der Waals surface area (Å²) in [6, 6.07) is 6.32. The van der Waals surface area contributed by atoms with Gasteiger partial charge in [0.05, 0.1) is 0 Å². The maximum Gasteiger partial charge on any atom is 0.408 e. The molecular formula is C18H25N3O4. The number of anilines is 1. The topological polar surface area (TPSA) is 98.7 Å². The zero-order valence-electron chi connectivity index (χ0n) is 15.0. The van der Waals surface area contributed by atoms with Gasteiger partial charge in [0.15, 0.2) is 0 Å². The molecule has 136 valence electrons. The van der Waals surface area contributed by atoms with Crippen molar-refractivity contribution < 1.29 is 19.5 Å². The average molecular weight is 347 g/mol. The molecule has 1 aromatic carbocycles. The second kappa shape index (κ2) is 8.32. The number of hydrogen-bond acceptors (Lipinski definition) is 3. The van der Waals surface area contributed by atoms with Crippen LogP contribution in [-0.4, -0.2) is 46.0 Å². The first-order valence-electron chi connectivity index (χ1n) is 7.88. The lowest BCUT2D eigenvalue weighted by Gasteiger charge is -2.32. The van der Waals surface area contributed by atoms with Gasteiger partial charge in [-0.15, -0.1) is 0 Å². The van der Waals surface area contributed by atoms with Gasteiger partial charge in [0.1, 0.15) is 12.6 Å². The minimum Gasteiger partial charge on any atom is -0.465 e. The van der Waals surface area contributed by atoms with E-state index >= 15 is 0 Å². The van der Waals surface area contributed by atoms with Crippen LogP contribution < -0.4 is 10.6 Å². The Bertz CT molecular complexity index is 665. The molecule has 3 amide bonds. The van der Waals surface area contributed by atoms with E-state index in [1.54, 1.807) is 45.0 Å². The maximum atomic E-state index is 12.2. The highest BCUT2D eigenvalue weighted by molar-refractivity contribution is 5.98. The molecular weight excluding hydrogens is 322 g/mol. The highest BCUT2D eigenvalue weighted by Gasteiger charge is 2.29. The Balaban J connectivity index is 2.69. The molecule has 0 bridgehead atoms. The van der Waals surface area contributed by atoms with Crippen molar-refractivity contribution in [1.82, 2.24) is 10.2 Å². The van der Waals surface area contributed by atoms with E-state index in [0.717, 1.165) is 10.5 Å². The standard InChI is InChI=1S/C18H25N3O4/c1-6-13-9-7-8-10-14(13)20-16(23)12(2)19-15(22)11-21(17(24)25)18(3,4)5/h6-10,12H,1,11H2,2-5H3,(H,19,22)(H,20,23)(H,24,25)/t12-/m1/s1. The highest BCUT2D eigenvalue weighted by atomic mass is 16.4. The number of carbonyl (C=O) groups excluding carboxylic acids is 2. The number of amides is 3. The van der Waals surface area contributed by atoms with Crippen LogP contribution in [0.5, 0.6) is 0 Å². The van der Waals surface area contributed by atoms with Crippen molar-refractivity contribution in [3.63, 3.8) is 0 Å². The van der Waals surface area contributed by atoms with Crippen molar-refractivity contribution in [2.45, 2.75) is 39.3 Å². The van der Waals surface area contributed by atoms with Crippen molar-refractivity contribution in [1.29, 1.82) is 0 Å². The molecule has 0 saturated carbocycles. The largest absolute Gasteiger partial charge is 0.465 e. The van der Waals surface area contributed by atoms with Crippen LogP contribution in [0, 0.1) is 0 Å². The number of para-hydroxylation sites is 1. The monoisotopic (exact) mass is 347 g/mol. The summed E-state index contributed by atoms with van der Waals surface area (Å²) in [6.45, 7) is 9.94. The maximum absolute atomic E-state index is 12.2. The normalized spacial score (nSPS) is 12.0. The number of hydrogen-bond donors (Lipinski definition) is 3. The Morgan fingerprint density at radius 2 is 1.88 bits per heavy atom.